The van der Waals surface area contributed by atoms with E-state index in [1.807, 2.05) is 0 Å². The van der Waals surface area contributed by atoms with Crippen LogP contribution in [0.4, 0.5) is 17.6 Å². The summed E-state index contributed by atoms with van der Waals surface area (Å²) in [6, 6.07) is 7.69. The molecule has 37 heavy (non-hydrogen) atoms. The predicted octanol–water partition coefficient (Wildman–Crippen LogP) is 5.62. The summed E-state index contributed by atoms with van der Waals surface area (Å²) < 4.78 is 59.9. The zero-order valence-corrected chi connectivity index (χ0v) is 20.5. The highest BCUT2D eigenvalue weighted by Crippen LogP contribution is 2.37. The second-order valence-corrected chi connectivity index (χ2v) is 9.20. The number of aromatic nitrogens is 1. The standard InChI is InChI=1S/C27H28F4N2O4/c1-3-23(26(35)36)33-24-10-6-18(28)14-21(24)22-15-19(7-11-25(22)33)32(16(2)34)12-13-37-20-8-4-17(5-9-20)27(29,30)31/h4-6,8-10,14,19,23H,3,7,11-13,15H2,1-2H3,(H,35,36). The van der Waals surface area contributed by atoms with E-state index in [2.05, 4.69) is 0 Å². The highest BCUT2D eigenvalue weighted by Gasteiger charge is 2.33. The second-order valence-electron chi connectivity index (χ2n) is 9.20. The normalized spacial score (nSPS) is 16.3. The van der Waals surface area contributed by atoms with Crippen LogP contribution >= 0.6 is 0 Å². The first-order valence-corrected chi connectivity index (χ1v) is 12.1. The monoisotopic (exact) mass is 520 g/mol. The number of nitrogens with zero attached hydrogens (tertiary/aromatic N) is 2. The highest BCUT2D eigenvalue weighted by atomic mass is 19.4. The third-order valence-corrected chi connectivity index (χ3v) is 6.95. The number of carboxylic acids is 1. The Morgan fingerprint density at radius 1 is 1.19 bits per heavy atom. The zero-order valence-electron chi connectivity index (χ0n) is 20.5. The first kappa shape index (κ1) is 26.5. The first-order valence-electron chi connectivity index (χ1n) is 12.1. The van der Waals surface area contributed by atoms with Crippen LogP contribution in [0.3, 0.4) is 0 Å². The van der Waals surface area contributed by atoms with Gasteiger partial charge in [0, 0.05) is 29.6 Å². The molecule has 2 atom stereocenters. The quantitative estimate of drug-likeness (QED) is 0.392. The van der Waals surface area contributed by atoms with Crippen molar-refractivity contribution in [3.05, 3.63) is 65.1 Å². The van der Waals surface area contributed by atoms with Crippen molar-refractivity contribution in [2.75, 3.05) is 13.2 Å². The predicted molar refractivity (Wildman–Crippen MR) is 129 cm³/mol. The van der Waals surface area contributed by atoms with Crippen molar-refractivity contribution >= 4 is 22.8 Å². The van der Waals surface area contributed by atoms with Crippen LogP contribution < -0.4 is 4.74 Å². The number of halogens is 4. The van der Waals surface area contributed by atoms with E-state index in [0.29, 0.717) is 36.6 Å². The van der Waals surface area contributed by atoms with Crippen LogP contribution in [0.2, 0.25) is 0 Å². The molecule has 1 aliphatic carbocycles. The number of fused-ring (bicyclic) bond motifs is 3. The molecule has 0 spiro atoms. The maximum absolute atomic E-state index is 14.2. The topological polar surface area (TPSA) is 71.8 Å². The Bertz CT molecular complexity index is 1300. The van der Waals surface area contributed by atoms with Gasteiger partial charge in [-0.15, -0.1) is 0 Å². The number of hydrogen-bond acceptors (Lipinski definition) is 3. The van der Waals surface area contributed by atoms with Gasteiger partial charge in [0.1, 0.15) is 24.2 Å². The number of carbonyl (C=O) groups is 2. The van der Waals surface area contributed by atoms with E-state index in [1.165, 1.54) is 31.2 Å². The fourth-order valence-electron chi connectivity index (χ4n) is 5.24. The summed E-state index contributed by atoms with van der Waals surface area (Å²) in [5.74, 6) is -1.30. The molecule has 2 aromatic carbocycles. The Morgan fingerprint density at radius 3 is 2.49 bits per heavy atom. The molecule has 1 aromatic heterocycles. The smallest absolute Gasteiger partial charge is 0.416 e. The first-order chi connectivity index (χ1) is 17.5. The van der Waals surface area contributed by atoms with Crippen LogP contribution in [0, 0.1) is 5.82 Å². The third kappa shape index (κ3) is 5.42. The maximum atomic E-state index is 14.2. The largest absolute Gasteiger partial charge is 0.492 e. The summed E-state index contributed by atoms with van der Waals surface area (Å²) in [6.07, 6.45) is -2.53. The minimum Gasteiger partial charge on any atom is -0.492 e. The number of hydrogen-bond donors (Lipinski definition) is 1. The summed E-state index contributed by atoms with van der Waals surface area (Å²) in [5.41, 5.74) is 1.56. The molecule has 0 fully saturated rings. The molecule has 0 saturated carbocycles. The fraction of sp³-hybridized carbons (Fsp3) is 0.407. The summed E-state index contributed by atoms with van der Waals surface area (Å²) in [7, 11) is 0. The van der Waals surface area contributed by atoms with Crippen LogP contribution in [-0.2, 0) is 28.6 Å². The lowest BCUT2D eigenvalue weighted by atomic mass is 9.90. The van der Waals surface area contributed by atoms with Gasteiger partial charge in [0.25, 0.3) is 0 Å². The summed E-state index contributed by atoms with van der Waals surface area (Å²) in [5, 5.41) is 10.4. The molecule has 3 aromatic rings. The zero-order chi connectivity index (χ0) is 26.9. The van der Waals surface area contributed by atoms with Crippen molar-refractivity contribution < 1.29 is 37.0 Å². The molecule has 1 aliphatic rings. The number of carbonyl (C=O) groups excluding carboxylic acids is 1. The van der Waals surface area contributed by atoms with Crippen molar-refractivity contribution in [1.29, 1.82) is 0 Å². The van der Waals surface area contributed by atoms with Crippen LogP contribution in [-0.4, -0.2) is 45.6 Å². The van der Waals surface area contributed by atoms with E-state index in [-0.39, 0.29) is 30.9 Å². The van der Waals surface area contributed by atoms with E-state index in [0.717, 1.165) is 23.4 Å². The Balaban J connectivity index is 1.54. The van der Waals surface area contributed by atoms with Crippen molar-refractivity contribution in [3.63, 3.8) is 0 Å². The maximum Gasteiger partial charge on any atom is 0.416 e. The molecule has 2 unspecified atom stereocenters. The van der Waals surface area contributed by atoms with Gasteiger partial charge in [0.05, 0.1) is 12.1 Å². The minimum atomic E-state index is -4.43. The van der Waals surface area contributed by atoms with Gasteiger partial charge in [-0.2, -0.15) is 13.2 Å². The van der Waals surface area contributed by atoms with Crippen LogP contribution in [0.1, 0.15) is 49.6 Å². The SMILES string of the molecule is CCC(C(=O)O)n1c2c(c3cc(F)ccc31)CC(N(CCOc1ccc(C(F)(F)F)cc1)C(C)=O)CC2. The lowest BCUT2D eigenvalue weighted by Crippen LogP contribution is -2.44. The van der Waals surface area contributed by atoms with Gasteiger partial charge < -0.3 is 19.3 Å². The Kier molecular flexibility index (Phi) is 7.47. The average Bonchev–Trinajstić information content (AvgIpc) is 3.14. The number of carboxylic acid groups (broad SMARTS) is 1. The lowest BCUT2D eigenvalue weighted by Gasteiger charge is -2.34. The molecule has 0 aliphatic heterocycles. The Hall–Kier alpha value is -3.56. The van der Waals surface area contributed by atoms with Gasteiger partial charge in [-0.05, 0) is 73.7 Å². The third-order valence-electron chi connectivity index (χ3n) is 6.95. The van der Waals surface area contributed by atoms with Gasteiger partial charge in [-0.3, -0.25) is 4.79 Å². The van der Waals surface area contributed by atoms with Crippen molar-refractivity contribution in [2.45, 2.75) is 57.8 Å². The molecule has 4 rings (SSSR count). The summed E-state index contributed by atoms with van der Waals surface area (Å²) in [4.78, 5) is 26.2. The van der Waals surface area contributed by atoms with Gasteiger partial charge in [-0.25, -0.2) is 9.18 Å². The molecule has 10 heteroatoms. The van der Waals surface area contributed by atoms with Crippen molar-refractivity contribution in [2.24, 2.45) is 0 Å². The Labute approximate surface area is 211 Å². The van der Waals surface area contributed by atoms with E-state index in [4.69, 9.17) is 4.74 Å². The van der Waals surface area contributed by atoms with Gasteiger partial charge in [-0.1, -0.05) is 6.92 Å². The summed E-state index contributed by atoms with van der Waals surface area (Å²) in [6.45, 7) is 3.53. The summed E-state index contributed by atoms with van der Waals surface area (Å²) >= 11 is 0. The molecule has 0 bridgehead atoms. The van der Waals surface area contributed by atoms with Crippen LogP contribution in [0.25, 0.3) is 10.9 Å². The number of amides is 1. The fourth-order valence-corrected chi connectivity index (χ4v) is 5.24. The lowest BCUT2D eigenvalue weighted by molar-refractivity contribution is -0.141. The number of aliphatic carboxylic acids is 1. The number of ether oxygens (including phenoxy) is 1. The molecular formula is C27H28F4N2O4. The second kappa shape index (κ2) is 10.4. The molecule has 1 heterocycles. The number of rotatable bonds is 8. The number of benzene rings is 2. The van der Waals surface area contributed by atoms with Crippen LogP contribution in [0.5, 0.6) is 5.75 Å². The molecular weight excluding hydrogens is 492 g/mol. The average molecular weight is 521 g/mol. The van der Waals surface area contributed by atoms with E-state index in [9.17, 15) is 32.3 Å². The molecule has 0 radical (unpaired) electrons. The van der Waals surface area contributed by atoms with Gasteiger partial charge in [0.15, 0.2) is 0 Å². The minimum absolute atomic E-state index is 0.0849. The molecule has 0 saturated heterocycles. The molecule has 198 valence electrons. The van der Waals surface area contributed by atoms with E-state index in [1.54, 1.807) is 22.5 Å². The van der Waals surface area contributed by atoms with Crippen molar-refractivity contribution in [3.8, 4) is 5.75 Å². The highest BCUT2D eigenvalue weighted by molar-refractivity contribution is 5.88. The van der Waals surface area contributed by atoms with E-state index >= 15 is 0 Å². The van der Waals surface area contributed by atoms with Crippen LogP contribution in [0.15, 0.2) is 42.5 Å². The van der Waals surface area contributed by atoms with Crippen molar-refractivity contribution in [1.82, 2.24) is 9.47 Å². The molecule has 1 N–H and O–H groups in total. The number of alkyl halides is 3. The van der Waals surface area contributed by atoms with E-state index < -0.39 is 29.6 Å². The Morgan fingerprint density at radius 2 is 1.89 bits per heavy atom. The van der Waals surface area contributed by atoms with Gasteiger partial charge >= 0.3 is 12.1 Å². The van der Waals surface area contributed by atoms with Gasteiger partial charge in [0.2, 0.25) is 5.91 Å². The molecule has 1 amide bonds. The molecule has 6 nitrogen and oxygen atoms in total.